The van der Waals surface area contributed by atoms with Gasteiger partial charge in [0.15, 0.2) is 0 Å². The summed E-state index contributed by atoms with van der Waals surface area (Å²) in [5.74, 6) is -1.49. The molecule has 0 fully saturated rings. The van der Waals surface area contributed by atoms with Crippen LogP contribution in [0.2, 0.25) is 0 Å². The number of hydrogen-bond donors (Lipinski definition) is 2. The molecule has 1 atom stereocenters. The second-order valence-electron chi connectivity index (χ2n) is 6.21. The van der Waals surface area contributed by atoms with Crippen LogP contribution < -0.4 is 5.32 Å². The van der Waals surface area contributed by atoms with Crippen molar-refractivity contribution >= 4 is 17.8 Å². The number of ether oxygens (including phenoxy) is 2. The lowest BCUT2D eigenvalue weighted by molar-refractivity contribution is -0.147. The Bertz CT molecular complexity index is 648. The highest BCUT2D eigenvalue weighted by molar-refractivity contribution is 6.02. The first kappa shape index (κ1) is 19.7. The second kappa shape index (κ2) is 7.51. The van der Waals surface area contributed by atoms with Crippen LogP contribution in [0.25, 0.3) is 0 Å². The largest absolute Gasteiger partial charge is 0.467 e. The molecule has 0 saturated carbocycles. The Morgan fingerprint density at radius 2 is 1.83 bits per heavy atom. The Morgan fingerprint density at radius 3 is 2.29 bits per heavy atom. The maximum atomic E-state index is 12.6. The van der Waals surface area contributed by atoms with Crippen molar-refractivity contribution in [2.75, 3.05) is 7.11 Å². The van der Waals surface area contributed by atoms with E-state index in [1.165, 1.54) is 7.11 Å². The summed E-state index contributed by atoms with van der Waals surface area (Å²) in [5, 5.41) is 2.67. The SMILES string of the molecule is CC[C@@](C)(NC(=O)c1[nH]c(C)c(C(=O)OC(C)C)c1C)C(=O)OC. The van der Waals surface area contributed by atoms with Gasteiger partial charge in [0.25, 0.3) is 5.91 Å². The number of rotatable bonds is 6. The fourth-order valence-corrected chi connectivity index (χ4v) is 2.38. The lowest BCUT2D eigenvalue weighted by atomic mass is 9.98. The van der Waals surface area contributed by atoms with Gasteiger partial charge >= 0.3 is 11.9 Å². The van der Waals surface area contributed by atoms with Gasteiger partial charge in [0.05, 0.1) is 18.8 Å². The predicted octanol–water partition coefficient (Wildman–Crippen LogP) is 2.27. The summed E-state index contributed by atoms with van der Waals surface area (Å²) in [6, 6.07) is 0. The molecule has 0 bridgehead atoms. The number of nitrogens with one attached hydrogen (secondary N) is 2. The summed E-state index contributed by atoms with van der Waals surface area (Å²) in [6.45, 7) is 10.2. The summed E-state index contributed by atoms with van der Waals surface area (Å²) < 4.78 is 9.95. The van der Waals surface area contributed by atoms with E-state index < -0.39 is 23.4 Å². The van der Waals surface area contributed by atoms with E-state index in [1.54, 1.807) is 41.5 Å². The summed E-state index contributed by atoms with van der Waals surface area (Å²) in [5.41, 5.74) is 0.450. The van der Waals surface area contributed by atoms with Crippen LogP contribution >= 0.6 is 0 Å². The van der Waals surface area contributed by atoms with E-state index in [2.05, 4.69) is 10.3 Å². The van der Waals surface area contributed by atoms with Crippen LogP contribution in [-0.4, -0.2) is 41.6 Å². The number of aromatic nitrogens is 1. The minimum absolute atomic E-state index is 0.229. The molecule has 0 aliphatic rings. The van der Waals surface area contributed by atoms with Crippen molar-refractivity contribution in [2.24, 2.45) is 0 Å². The first-order valence-corrected chi connectivity index (χ1v) is 7.88. The number of methoxy groups -OCH3 is 1. The van der Waals surface area contributed by atoms with Crippen molar-refractivity contribution in [3.8, 4) is 0 Å². The van der Waals surface area contributed by atoms with Crippen LogP contribution in [0.5, 0.6) is 0 Å². The highest BCUT2D eigenvalue weighted by atomic mass is 16.5. The molecule has 0 aliphatic carbocycles. The Kier molecular flexibility index (Phi) is 6.17. The van der Waals surface area contributed by atoms with Gasteiger partial charge in [-0.25, -0.2) is 9.59 Å². The number of amides is 1. The molecule has 2 N–H and O–H groups in total. The molecule has 7 heteroatoms. The van der Waals surface area contributed by atoms with Gasteiger partial charge in [-0.3, -0.25) is 4.79 Å². The fourth-order valence-electron chi connectivity index (χ4n) is 2.38. The Hall–Kier alpha value is -2.31. The predicted molar refractivity (Wildman–Crippen MR) is 89.0 cm³/mol. The minimum atomic E-state index is -1.14. The summed E-state index contributed by atoms with van der Waals surface area (Å²) >= 11 is 0. The third kappa shape index (κ3) is 3.96. The van der Waals surface area contributed by atoms with E-state index in [0.717, 1.165) is 0 Å². The van der Waals surface area contributed by atoms with Crippen molar-refractivity contribution in [3.05, 3.63) is 22.5 Å². The van der Waals surface area contributed by atoms with Crippen molar-refractivity contribution in [2.45, 2.75) is 59.6 Å². The Morgan fingerprint density at radius 1 is 1.25 bits per heavy atom. The van der Waals surface area contributed by atoms with Crippen LogP contribution in [-0.2, 0) is 14.3 Å². The maximum Gasteiger partial charge on any atom is 0.340 e. The summed E-state index contributed by atoms with van der Waals surface area (Å²) in [4.78, 5) is 39.6. The molecule has 0 unspecified atom stereocenters. The third-order valence-electron chi connectivity index (χ3n) is 3.94. The lowest BCUT2D eigenvalue weighted by Crippen LogP contribution is -2.52. The van der Waals surface area contributed by atoms with E-state index in [9.17, 15) is 14.4 Å². The number of H-pyrrole nitrogens is 1. The van der Waals surface area contributed by atoms with Crippen molar-refractivity contribution in [3.63, 3.8) is 0 Å². The van der Waals surface area contributed by atoms with Gasteiger partial charge in [0.2, 0.25) is 0 Å². The molecular weight excluding hydrogens is 312 g/mol. The molecule has 0 saturated heterocycles. The molecule has 1 aromatic heterocycles. The molecule has 1 rings (SSSR count). The Balaban J connectivity index is 3.13. The van der Waals surface area contributed by atoms with E-state index in [1.807, 2.05) is 0 Å². The van der Waals surface area contributed by atoms with E-state index in [4.69, 9.17) is 9.47 Å². The summed E-state index contributed by atoms with van der Waals surface area (Å²) in [6.07, 6.45) is 0.109. The molecule has 134 valence electrons. The molecule has 7 nitrogen and oxygen atoms in total. The van der Waals surface area contributed by atoms with Gasteiger partial charge in [-0.1, -0.05) is 6.92 Å². The topological polar surface area (TPSA) is 97.5 Å². The number of esters is 2. The molecule has 0 radical (unpaired) electrons. The second-order valence-corrected chi connectivity index (χ2v) is 6.21. The van der Waals surface area contributed by atoms with Gasteiger partial charge in [0.1, 0.15) is 11.2 Å². The van der Waals surface area contributed by atoms with Crippen molar-refractivity contribution in [1.29, 1.82) is 0 Å². The smallest absolute Gasteiger partial charge is 0.340 e. The Labute approximate surface area is 142 Å². The maximum absolute atomic E-state index is 12.6. The van der Waals surface area contributed by atoms with Crippen molar-refractivity contribution < 1.29 is 23.9 Å². The zero-order valence-electron chi connectivity index (χ0n) is 15.3. The van der Waals surface area contributed by atoms with Gasteiger partial charge in [-0.15, -0.1) is 0 Å². The summed E-state index contributed by atoms with van der Waals surface area (Å²) in [7, 11) is 1.27. The highest BCUT2D eigenvalue weighted by Crippen LogP contribution is 2.21. The molecule has 0 aromatic carbocycles. The highest BCUT2D eigenvalue weighted by Gasteiger charge is 2.35. The number of aromatic amines is 1. The first-order valence-electron chi connectivity index (χ1n) is 7.88. The lowest BCUT2D eigenvalue weighted by Gasteiger charge is -2.26. The fraction of sp³-hybridized carbons (Fsp3) is 0.588. The molecule has 1 amide bonds. The van der Waals surface area contributed by atoms with Crippen LogP contribution in [0.15, 0.2) is 0 Å². The monoisotopic (exact) mass is 338 g/mol. The third-order valence-corrected chi connectivity index (χ3v) is 3.94. The number of carbonyl (C=O) groups is 3. The number of carbonyl (C=O) groups excluding carboxylic acids is 3. The van der Waals surface area contributed by atoms with E-state index >= 15 is 0 Å². The standard InChI is InChI=1S/C17H26N2O5/c1-8-17(6,16(22)23-7)19-14(20)13-10(4)12(11(5)18-13)15(21)24-9(2)3/h9,18H,8H2,1-7H3,(H,19,20)/t17-/m1/s1. The van der Waals surface area contributed by atoms with E-state index in [0.29, 0.717) is 23.2 Å². The van der Waals surface area contributed by atoms with Gasteiger partial charge in [-0.05, 0) is 46.6 Å². The van der Waals surface area contributed by atoms with Crippen molar-refractivity contribution in [1.82, 2.24) is 10.3 Å². The molecule has 0 aliphatic heterocycles. The number of aryl methyl sites for hydroxylation is 1. The van der Waals surface area contributed by atoms with Gasteiger partial charge in [0, 0.05) is 5.69 Å². The van der Waals surface area contributed by atoms with Crippen LogP contribution in [0.4, 0.5) is 0 Å². The molecule has 1 aromatic rings. The molecule has 0 spiro atoms. The zero-order valence-corrected chi connectivity index (χ0v) is 15.3. The van der Waals surface area contributed by atoms with Crippen LogP contribution in [0.1, 0.15) is 66.2 Å². The molecule has 1 heterocycles. The molecule has 24 heavy (non-hydrogen) atoms. The van der Waals surface area contributed by atoms with Crippen LogP contribution in [0.3, 0.4) is 0 Å². The van der Waals surface area contributed by atoms with Crippen LogP contribution in [0, 0.1) is 13.8 Å². The number of hydrogen-bond acceptors (Lipinski definition) is 5. The van der Waals surface area contributed by atoms with Gasteiger partial charge in [-0.2, -0.15) is 0 Å². The normalized spacial score (nSPS) is 13.3. The van der Waals surface area contributed by atoms with Gasteiger partial charge < -0.3 is 19.8 Å². The van der Waals surface area contributed by atoms with E-state index in [-0.39, 0.29) is 11.8 Å². The minimum Gasteiger partial charge on any atom is -0.467 e. The first-order chi connectivity index (χ1) is 11.1. The molecular formula is C17H26N2O5. The average molecular weight is 338 g/mol. The average Bonchev–Trinajstić information content (AvgIpc) is 2.80. The zero-order chi connectivity index (χ0) is 18.7. The quantitative estimate of drug-likeness (QED) is 0.776.